The molecule has 0 amide bonds. The van der Waals surface area contributed by atoms with Crippen molar-refractivity contribution in [3.63, 3.8) is 0 Å². The molecule has 1 N–H and O–H groups in total. The molecule has 18 heavy (non-hydrogen) atoms. The van der Waals surface area contributed by atoms with E-state index < -0.39 is 0 Å². The van der Waals surface area contributed by atoms with E-state index in [1.165, 1.54) is 0 Å². The SMILES string of the molecule is COc1ccc([NH+]([O-])c2ccc(OC)cc2)cc1. The van der Waals surface area contributed by atoms with Crippen LogP contribution in [-0.2, 0) is 0 Å². The van der Waals surface area contributed by atoms with Crippen molar-refractivity contribution in [2.24, 2.45) is 0 Å². The van der Waals surface area contributed by atoms with Crippen LogP contribution in [0.25, 0.3) is 0 Å². The maximum absolute atomic E-state index is 12.2. The van der Waals surface area contributed by atoms with E-state index >= 15 is 0 Å². The predicted molar refractivity (Wildman–Crippen MR) is 69.6 cm³/mol. The first-order valence-corrected chi connectivity index (χ1v) is 5.57. The summed E-state index contributed by atoms with van der Waals surface area (Å²) < 4.78 is 10.1. The summed E-state index contributed by atoms with van der Waals surface area (Å²) in [4.78, 5) is 0. The molecule has 0 aliphatic rings. The number of hydrogen-bond donors (Lipinski definition) is 1. The first kappa shape index (κ1) is 12.4. The van der Waals surface area contributed by atoms with Crippen molar-refractivity contribution < 1.29 is 14.5 Å². The molecule has 2 aromatic carbocycles. The van der Waals surface area contributed by atoms with Gasteiger partial charge in [-0.15, -0.1) is 0 Å². The zero-order valence-corrected chi connectivity index (χ0v) is 10.3. The third kappa shape index (κ3) is 2.61. The third-order valence-electron chi connectivity index (χ3n) is 2.70. The summed E-state index contributed by atoms with van der Waals surface area (Å²) in [5, 5.41) is 12.2. The highest BCUT2D eigenvalue weighted by molar-refractivity contribution is 5.42. The number of methoxy groups -OCH3 is 2. The molecule has 0 saturated heterocycles. The highest BCUT2D eigenvalue weighted by atomic mass is 16.5. The fraction of sp³-hybridized carbons (Fsp3) is 0.143. The van der Waals surface area contributed by atoms with Gasteiger partial charge in [-0.1, -0.05) is 0 Å². The van der Waals surface area contributed by atoms with Crippen molar-refractivity contribution in [1.29, 1.82) is 0 Å². The molecule has 0 atom stereocenters. The Morgan fingerprint density at radius 3 is 1.33 bits per heavy atom. The number of hydrogen-bond acceptors (Lipinski definition) is 3. The van der Waals surface area contributed by atoms with Crippen LogP contribution in [0.1, 0.15) is 0 Å². The number of quaternary nitrogens is 1. The average molecular weight is 245 g/mol. The Morgan fingerprint density at radius 1 is 0.722 bits per heavy atom. The molecule has 94 valence electrons. The Labute approximate surface area is 106 Å². The van der Waals surface area contributed by atoms with Gasteiger partial charge >= 0.3 is 0 Å². The highest BCUT2D eigenvalue weighted by Gasteiger charge is 2.06. The molecule has 0 aliphatic carbocycles. The van der Waals surface area contributed by atoms with Gasteiger partial charge < -0.3 is 19.7 Å². The summed E-state index contributed by atoms with van der Waals surface area (Å²) in [6, 6.07) is 14.1. The Kier molecular flexibility index (Phi) is 3.82. The van der Waals surface area contributed by atoms with Crippen LogP contribution in [0.2, 0.25) is 0 Å². The van der Waals surface area contributed by atoms with Crippen molar-refractivity contribution in [1.82, 2.24) is 0 Å². The zero-order chi connectivity index (χ0) is 13.0. The van der Waals surface area contributed by atoms with Gasteiger partial charge in [-0.3, -0.25) is 0 Å². The van der Waals surface area contributed by atoms with Gasteiger partial charge in [-0.2, -0.15) is 0 Å². The minimum absolute atomic E-state index is 0.0136. The monoisotopic (exact) mass is 245 g/mol. The van der Waals surface area contributed by atoms with E-state index in [9.17, 15) is 5.21 Å². The van der Waals surface area contributed by atoms with E-state index in [1.807, 2.05) is 0 Å². The lowest BCUT2D eigenvalue weighted by Gasteiger charge is -2.21. The van der Waals surface area contributed by atoms with Crippen LogP contribution < -0.4 is 14.5 Å². The van der Waals surface area contributed by atoms with Gasteiger partial charge in [0.15, 0.2) is 0 Å². The van der Waals surface area contributed by atoms with Gasteiger partial charge in [0.05, 0.1) is 14.2 Å². The van der Waals surface area contributed by atoms with Crippen molar-refractivity contribution in [3.8, 4) is 11.5 Å². The fourth-order valence-corrected chi connectivity index (χ4v) is 1.65. The van der Waals surface area contributed by atoms with Gasteiger partial charge in [0, 0.05) is 24.3 Å². The van der Waals surface area contributed by atoms with Gasteiger partial charge in [0.1, 0.15) is 22.9 Å². The minimum Gasteiger partial charge on any atom is -0.623 e. The van der Waals surface area contributed by atoms with Crippen molar-refractivity contribution >= 4 is 11.4 Å². The Morgan fingerprint density at radius 2 is 1.06 bits per heavy atom. The molecule has 0 unspecified atom stereocenters. The van der Waals surface area contributed by atoms with Crippen LogP contribution in [0.5, 0.6) is 11.5 Å². The first-order valence-electron chi connectivity index (χ1n) is 5.57. The normalized spacial score (nSPS) is 10.4. The summed E-state index contributed by atoms with van der Waals surface area (Å²) in [5.41, 5.74) is 1.28. The summed E-state index contributed by atoms with van der Waals surface area (Å²) in [7, 11) is 3.20. The number of benzene rings is 2. The first-order chi connectivity index (χ1) is 8.74. The van der Waals surface area contributed by atoms with Gasteiger partial charge in [0.2, 0.25) is 0 Å². The fourth-order valence-electron chi connectivity index (χ4n) is 1.65. The Bertz CT molecular complexity index is 446. The molecule has 4 heteroatoms. The molecule has 0 saturated carbocycles. The molecular weight excluding hydrogens is 230 g/mol. The number of nitrogens with one attached hydrogen (secondary N) is 1. The molecule has 2 rings (SSSR count). The van der Waals surface area contributed by atoms with E-state index in [2.05, 4.69) is 0 Å². The molecule has 0 aliphatic heterocycles. The van der Waals surface area contributed by atoms with Gasteiger partial charge in [0.25, 0.3) is 0 Å². The molecule has 0 heterocycles. The third-order valence-corrected chi connectivity index (χ3v) is 2.70. The van der Waals surface area contributed by atoms with Crippen LogP contribution in [0.4, 0.5) is 11.4 Å². The molecule has 2 aromatic rings. The second kappa shape index (κ2) is 5.53. The summed E-state index contributed by atoms with van der Waals surface area (Å²) in [5.74, 6) is 1.47. The molecule has 0 spiro atoms. The Hall–Kier alpha value is -2.04. The van der Waals surface area contributed by atoms with Gasteiger partial charge in [-0.05, 0) is 24.3 Å². The van der Waals surface area contributed by atoms with Crippen LogP contribution in [0, 0.1) is 5.21 Å². The summed E-state index contributed by atoms with van der Waals surface area (Å²) >= 11 is 0. The lowest BCUT2D eigenvalue weighted by molar-refractivity contribution is -0.698. The van der Waals surface area contributed by atoms with Crippen molar-refractivity contribution in [2.75, 3.05) is 14.2 Å². The van der Waals surface area contributed by atoms with Crippen LogP contribution in [0.15, 0.2) is 48.5 Å². The molecule has 0 fully saturated rings. The second-order valence-corrected chi connectivity index (χ2v) is 3.79. The second-order valence-electron chi connectivity index (χ2n) is 3.79. The van der Waals surface area contributed by atoms with Crippen LogP contribution in [-0.4, -0.2) is 14.2 Å². The predicted octanol–water partition coefficient (Wildman–Crippen LogP) is 2.05. The molecule has 0 aromatic heterocycles. The zero-order valence-electron chi connectivity index (χ0n) is 10.3. The molecule has 0 radical (unpaired) electrons. The molecular formula is C14H15NO3. The van der Waals surface area contributed by atoms with Crippen molar-refractivity contribution in [3.05, 3.63) is 53.7 Å². The topological polar surface area (TPSA) is 46.0 Å². The maximum atomic E-state index is 12.2. The van der Waals surface area contributed by atoms with Crippen LogP contribution in [0.3, 0.4) is 0 Å². The van der Waals surface area contributed by atoms with E-state index in [-0.39, 0.29) is 5.06 Å². The maximum Gasteiger partial charge on any atom is 0.136 e. The molecule has 0 bridgehead atoms. The molecule has 4 nitrogen and oxygen atoms in total. The van der Waals surface area contributed by atoms with E-state index in [0.717, 1.165) is 11.5 Å². The standard InChI is InChI=1S/C14H15NO3/c1-17-13-7-3-11(4-8-13)15(16)12-5-9-14(18-2)10-6-12/h3-10,15H,1-2H3. The number of ether oxygens (including phenoxy) is 2. The quantitative estimate of drug-likeness (QED) is 0.838. The summed E-state index contributed by atoms with van der Waals surface area (Å²) in [6.45, 7) is 0. The number of rotatable bonds is 4. The van der Waals surface area contributed by atoms with E-state index in [4.69, 9.17) is 9.47 Å². The minimum atomic E-state index is -0.0136. The van der Waals surface area contributed by atoms with Crippen LogP contribution >= 0.6 is 0 Å². The average Bonchev–Trinajstić information content (AvgIpc) is 2.47. The lowest BCUT2D eigenvalue weighted by Crippen LogP contribution is -2.96. The lowest BCUT2D eigenvalue weighted by atomic mass is 10.2. The van der Waals surface area contributed by atoms with Crippen molar-refractivity contribution in [2.45, 2.75) is 0 Å². The van der Waals surface area contributed by atoms with E-state index in [1.54, 1.807) is 62.8 Å². The van der Waals surface area contributed by atoms with E-state index in [0.29, 0.717) is 11.4 Å². The van der Waals surface area contributed by atoms with Gasteiger partial charge in [-0.25, -0.2) is 0 Å². The smallest absolute Gasteiger partial charge is 0.136 e. The highest BCUT2D eigenvalue weighted by Crippen LogP contribution is 2.16. The largest absolute Gasteiger partial charge is 0.623 e. The Balaban J connectivity index is 2.20. The summed E-state index contributed by atoms with van der Waals surface area (Å²) in [6.07, 6.45) is 0.